The van der Waals surface area contributed by atoms with E-state index >= 15 is 0 Å². The van der Waals surface area contributed by atoms with Crippen molar-refractivity contribution in [3.63, 3.8) is 0 Å². The van der Waals surface area contributed by atoms with Crippen molar-refractivity contribution >= 4 is 11.0 Å². The van der Waals surface area contributed by atoms with Gasteiger partial charge in [0.25, 0.3) is 0 Å². The number of hydrogen-bond acceptors (Lipinski definition) is 5. The van der Waals surface area contributed by atoms with Crippen LogP contribution in [0.15, 0.2) is 60.9 Å². The molecule has 0 bridgehead atoms. The fraction of sp³-hybridized carbons (Fsp3) is 0.174. The summed E-state index contributed by atoms with van der Waals surface area (Å²) in [6.07, 6.45) is 1.79. The summed E-state index contributed by atoms with van der Waals surface area (Å²) < 4.78 is 23.7. The van der Waals surface area contributed by atoms with Gasteiger partial charge in [0.1, 0.15) is 12.1 Å². The Hall–Kier alpha value is -3.67. The highest BCUT2D eigenvalue weighted by Gasteiger charge is 2.15. The fourth-order valence-corrected chi connectivity index (χ4v) is 3.38. The molecule has 0 N–H and O–H groups in total. The Bertz CT molecular complexity index is 1120. The lowest BCUT2D eigenvalue weighted by molar-refractivity contribution is 0.324. The third kappa shape index (κ3) is 3.33. The van der Waals surface area contributed by atoms with Crippen LogP contribution < -0.4 is 18.9 Å². The Balaban J connectivity index is 1.84. The van der Waals surface area contributed by atoms with E-state index in [1.54, 1.807) is 34.8 Å². The van der Waals surface area contributed by atoms with Crippen molar-refractivity contribution in [1.82, 2.24) is 9.55 Å². The van der Waals surface area contributed by atoms with Crippen molar-refractivity contribution in [2.45, 2.75) is 0 Å². The maximum Gasteiger partial charge on any atom is 0.203 e. The molecule has 0 atom stereocenters. The van der Waals surface area contributed by atoms with E-state index in [1.165, 1.54) is 0 Å². The second-order valence-electron chi connectivity index (χ2n) is 6.43. The summed E-state index contributed by atoms with van der Waals surface area (Å²) in [7, 11) is 6.47. The van der Waals surface area contributed by atoms with Gasteiger partial charge in [0.05, 0.1) is 45.2 Å². The quantitative estimate of drug-likeness (QED) is 0.477. The van der Waals surface area contributed by atoms with E-state index in [0.29, 0.717) is 17.2 Å². The van der Waals surface area contributed by atoms with Crippen LogP contribution in [0.25, 0.3) is 27.8 Å². The summed E-state index contributed by atoms with van der Waals surface area (Å²) in [5, 5.41) is 0. The van der Waals surface area contributed by atoms with E-state index in [1.807, 2.05) is 47.0 Å². The van der Waals surface area contributed by atoms with Crippen LogP contribution in [0.3, 0.4) is 0 Å². The van der Waals surface area contributed by atoms with Gasteiger partial charge < -0.3 is 18.9 Å². The Morgan fingerprint density at radius 2 is 1.34 bits per heavy atom. The van der Waals surface area contributed by atoms with Gasteiger partial charge in [-0.3, -0.25) is 4.57 Å². The molecule has 1 heterocycles. The SMILES string of the molecule is COc1ccc(-c2ccc3ncn(-c4cc(OC)c(OC)c(OC)c4)c3c2)cc1. The van der Waals surface area contributed by atoms with E-state index in [9.17, 15) is 0 Å². The van der Waals surface area contributed by atoms with E-state index in [2.05, 4.69) is 17.1 Å². The first-order chi connectivity index (χ1) is 14.2. The molecular weight excluding hydrogens is 368 g/mol. The number of rotatable bonds is 6. The van der Waals surface area contributed by atoms with Crippen LogP contribution in [0.1, 0.15) is 0 Å². The normalized spacial score (nSPS) is 10.8. The molecule has 0 fully saturated rings. The predicted octanol–water partition coefficient (Wildman–Crippen LogP) is 4.73. The Kier molecular flexibility index (Phi) is 4.99. The average molecular weight is 390 g/mol. The second kappa shape index (κ2) is 7.75. The summed E-state index contributed by atoms with van der Waals surface area (Å²) in [5.74, 6) is 2.57. The molecule has 0 spiro atoms. The third-order valence-corrected chi connectivity index (χ3v) is 4.90. The molecular formula is C23H22N2O4. The minimum atomic E-state index is 0.557. The molecule has 6 nitrogen and oxygen atoms in total. The smallest absolute Gasteiger partial charge is 0.203 e. The maximum atomic E-state index is 5.49. The van der Waals surface area contributed by atoms with E-state index in [-0.39, 0.29) is 0 Å². The Morgan fingerprint density at radius 1 is 0.690 bits per heavy atom. The molecule has 3 aromatic carbocycles. The first-order valence-corrected chi connectivity index (χ1v) is 9.10. The zero-order valence-corrected chi connectivity index (χ0v) is 16.8. The van der Waals surface area contributed by atoms with Crippen molar-refractivity contribution in [3.05, 3.63) is 60.9 Å². The van der Waals surface area contributed by atoms with Crippen molar-refractivity contribution in [3.8, 4) is 39.8 Å². The van der Waals surface area contributed by atoms with Crippen LogP contribution in [0.5, 0.6) is 23.0 Å². The summed E-state index contributed by atoms with van der Waals surface area (Å²) in [6.45, 7) is 0. The minimum Gasteiger partial charge on any atom is -0.497 e. The van der Waals surface area contributed by atoms with Gasteiger partial charge in [0.2, 0.25) is 5.75 Å². The number of methoxy groups -OCH3 is 4. The van der Waals surface area contributed by atoms with Crippen molar-refractivity contribution < 1.29 is 18.9 Å². The summed E-state index contributed by atoms with van der Waals surface area (Å²) in [4.78, 5) is 4.54. The molecule has 0 saturated heterocycles. The molecule has 0 aliphatic rings. The van der Waals surface area contributed by atoms with Crippen LogP contribution in [-0.2, 0) is 0 Å². The molecule has 0 amide bonds. The van der Waals surface area contributed by atoms with Crippen LogP contribution >= 0.6 is 0 Å². The molecule has 0 radical (unpaired) electrons. The van der Waals surface area contributed by atoms with Gasteiger partial charge in [-0.15, -0.1) is 0 Å². The Morgan fingerprint density at radius 3 is 1.93 bits per heavy atom. The first-order valence-electron chi connectivity index (χ1n) is 9.10. The topological polar surface area (TPSA) is 54.7 Å². The standard InChI is InChI=1S/C23H22N2O4/c1-26-18-8-5-15(6-9-18)16-7-10-19-20(11-16)25(14-24-19)17-12-21(27-2)23(29-4)22(13-17)28-3/h5-14H,1-4H3. The molecule has 1 aromatic heterocycles. The molecule has 0 aliphatic heterocycles. The maximum absolute atomic E-state index is 5.49. The molecule has 4 rings (SSSR count). The summed E-state index contributed by atoms with van der Waals surface area (Å²) in [5.41, 5.74) is 4.94. The van der Waals surface area contributed by atoms with Crippen molar-refractivity contribution in [1.29, 1.82) is 0 Å². The molecule has 4 aromatic rings. The number of ether oxygens (including phenoxy) is 4. The molecule has 148 valence electrons. The van der Waals surface area contributed by atoms with Gasteiger partial charge in [-0.25, -0.2) is 4.98 Å². The fourth-order valence-electron chi connectivity index (χ4n) is 3.38. The van der Waals surface area contributed by atoms with Crippen LogP contribution in [0.4, 0.5) is 0 Å². The molecule has 0 saturated carbocycles. The zero-order valence-electron chi connectivity index (χ0n) is 16.8. The largest absolute Gasteiger partial charge is 0.497 e. The van der Waals surface area contributed by atoms with Gasteiger partial charge in [0, 0.05) is 12.1 Å². The molecule has 6 heteroatoms. The van der Waals surface area contributed by atoms with E-state index in [4.69, 9.17) is 18.9 Å². The predicted molar refractivity (Wildman–Crippen MR) is 113 cm³/mol. The highest BCUT2D eigenvalue weighted by molar-refractivity contribution is 5.84. The summed E-state index contributed by atoms with van der Waals surface area (Å²) in [6, 6.07) is 18.0. The Labute approximate surface area is 169 Å². The number of aromatic nitrogens is 2. The second-order valence-corrected chi connectivity index (χ2v) is 6.43. The van der Waals surface area contributed by atoms with Gasteiger partial charge in [0.15, 0.2) is 11.5 Å². The van der Waals surface area contributed by atoms with Crippen LogP contribution in [-0.4, -0.2) is 38.0 Å². The summed E-state index contributed by atoms with van der Waals surface area (Å²) >= 11 is 0. The highest BCUT2D eigenvalue weighted by Crippen LogP contribution is 2.40. The van der Waals surface area contributed by atoms with Crippen molar-refractivity contribution in [2.75, 3.05) is 28.4 Å². The van der Waals surface area contributed by atoms with Crippen LogP contribution in [0.2, 0.25) is 0 Å². The number of fused-ring (bicyclic) bond motifs is 1. The monoisotopic (exact) mass is 390 g/mol. The van der Waals surface area contributed by atoms with Gasteiger partial charge in [-0.1, -0.05) is 18.2 Å². The average Bonchev–Trinajstić information content (AvgIpc) is 3.21. The lowest BCUT2D eigenvalue weighted by Crippen LogP contribution is -1.99. The molecule has 0 aliphatic carbocycles. The van der Waals surface area contributed by atoms with Crippen LogP contribution in [0, 0.1) is 0 Å². The number of benzene rings is 3. The zero-order chi connectivity index (χ0) is 20.4. The van der Waals surface area contributed by atoms with Crippen molar-refractivity contribution in [2.24, 2.45) is 0 Å². The van der Waals surface area contributed by atoms with Gasteiger partial charge in [-0.2, -0.15) is 0 Å². The highest BCUT2D eigenvalue weighted by atomic mass is 16.5. The third-order valence-electron chi connectivity index (χ3n) is 4.90. The van der Waals surface area contributed by atoms with E-state index < -0.39 is 0 Å². The lowest BCUT2D eigenvalue weighted by Gasteiger charge is -2.15. The lowest BCUT2D eigenvalue weighted by atomic mass is 10.0. The minimum absolute atomic E-state index is 0.557. The number of hydrogen-bond donors (Lipinski definition) is 0. The van der Waals surface area contributed by atoms with E-state index in [0.717, 1.165) is 33.6 Å². The van der Waals surface area contributed by atoms with Gasteiger partial charge in [-0.05, 0) is 35.4 Å². The molecule has 0 unspecified atom stereocenters. The molecule has 29 heavy (non-hydrogen) atoms. The van der Waals surface area contributed by atoms with Gasteiger partial charge >= 0.3 is 0 Å². The first kappa shape index (κ1) is 18.7. The number of imidazole rings is 1. The number of nitrogens with zero attached hydrogens (tertiary/aromatic N) is 2.